The van der Waals surface area contributed by atoms with E-state index in [0.29, 0.717) is 6.04 Å². The average molecular weight is 156 g/mol. The van der Waals surface area contributed by atoms with Crippen molar-refractivity contribution in [3.8, 4) is 0 Å². The number of hydrogen-bond donors (Lipinski definition) is 1. The number of hydrogen-bond acceptors (Lipinski definition) is 2. The van der Waals surface area contributed by atoms with E-state index in [-0.39, 0.29) is 0 Å². The molecule has 0 saturated carbocycles. The van der Waals surface area contributed by atoms with Crippen molar-refractivity contribution in [3.05, 3.63) is 0 Å². The monoisotopic (exact) mass is 156 g/mol. The van der Waals surface area contributed by atoms with Crippen LogP contribution >= 0.6 is 0 Å². The van der Waals surface area contributed by atoms with Crippen LogP contribution in [0.2, 0.25) is 0 Å². The molecule has 2 heteroatoms. The van der Waals surface area contributed by atoms with Gasteiger partial charge in [0.2, 0.25) is 0 Å². The molecule has 0 aromatic rings. The van der Waals surface area contributed by atoms with Crippen LogP contribution in [0.3, 0.4) is 0 Å². The van der Waals surface area contributed by atoms with E-state index in [9.17, 15) is 0 Å². The fourth-order valence-corrected chi connectivity index (χ4v) is 1.49. The lowest BCUT2D eigenvalue weighted by atomic mass is 10.1. The Morgan fingerprint density at radius 3 is 2.73 bits per heavy atom. The lowest BCUT2D eigenvalue weighted by Gasteiger charge is -2.23. The molecule has 66 valence electrons. The molecule has 1 aliphatic heterocycles. The van der Waals surface area contributed by atoms with Crippen LogP contribution in [0.4, 0.5) is 0 Å². The molecule has 1 aliphatic rings. The van der Waals surface area contributed by atoms with Crippen molar-refractivity contribution in [2.45, 2.75) is 26.3 Å². The SMILES string of the molecule is CC(C)N(C)C[C@H]1CCNC1. The zero-order chi connectivity index (χ0) is 8.27. The molecule has 0 bridgehead atoms. The minimum absolute atomic E-state index is 0.690. The van der Waals surface area contributed by atoms with Gasteiger partial charge in [0.05, 0.1) is 0 Å². The third kappa shape index (κ3) is 2.80. The van der Waals surface area contributed by atoms with Gasteiger partial charge < -0.3 is 10.2 Å². The second kappa shape index (κ2) is 4.07. The Balaban J connectivity index is 2.18. The molecule has 0 aromatic heterocycles. The highest BCUT2D eigenvalue weighted by Crippen LogP contribution is 2.09. The van der Waals surface area contributed by atoms with Gasteiger partial charge in [-0.15, -0.1) is 0 Å². The summed E-state index contributed by atoms with van der Waals surface area (Å²) in [5, 5.41) is 3.39. The Morgan fingerprint density at radius 1 is 1.55 bits per heavy atom. The summed E-state index contributed by atoms with van der Waals surface area (Å²) in [7, 11) is 2.21. The summed E-state index contributed by atoms with van der Waals surface area (Å²) in [6.07, 6.45) is 1.36. The lowest BCUT2D eigenvalue weighted by molar-refractivity contribution is 0.237. The lowest BCUT2D eigenvalue weighted by Crippen LogP contribution is -2.32. The van der Waals surface area contributed by atoms with Gasteiger partial charge in [0, 0.05) is 12.6 Å². The summed E-state index contributed by atoms with van der Waals surface area (Å²) >= 11 is 0. The summed E-state index contributed by atoms with van der Waals surface area (Å²) < 4.78 is 0. The number of rotatable bonds is 3. The van der Waals surface area contributed by atoms with E-state index in [1.807, 2.05) is 0 Å². The summed E-state index contributed by atoms with van der Waals surface area (Å²) in [6.45, 7) is 8.20. The fourth-order valence-electron chi connectivity index (χ4n) is 1.49. The first kappa shape index (κ1) is 9.01. The van der Waals surface area contributed by atoms with E-state index in [4.69, 9.17) is 0 Å². The number of nitrogens with one attached hydrogen (secondary N) is 1. The molecule has 1 atom stereocenters. The zero-order valence-corrected chi connectivity index (χ0v) is 7.93. The van der Waals surface area contributed by atoms with Crippen LogP contribution in [-0.4, -0.2) is 37.6 Å². The summed E-state index contributed by atoms with van der Waals surface area (Å²) in [5.41, 5.74) is 0. The molecule has 1 heterocycles. The normalized spacial score (nSPS) is 25.4. The number of nitrogens with zero attached hydrogens (tertiary/aromatic N) is 1. The van der Waals surface area contributed by atoms with Crippen molar-refractivity contribution >= 4 is 0 Å². The van der Waals surface area contributed by atoms with E-state index in [1.54, 1.807) is 0 Å². The van der Waals surface area contributed by atoms with Crippen LogP contribution in [0.25, 0.3) is 0 Å². The standard InChI is InChI=1S/C9H20N2/c1-8(2)11(3)7-9-4-5-10-6-9/h8-10H,4-7H2,1-3H3/t9-/m0/s1. The van der Waals surface area contributed by atoms with Crippen LogP contribution in [0.1, 0.15) is 20.3 Å². The maximum absolute atomic E-state index is 3.39. The third-order valence-corrected chi connectivity index (χ3v) is 2.59. The summed E-state index contributed by atoms with van der Waals surface area (Å²) in [4.78, 5) is 2.43. The molecule has 0 aromatic carbocycles. The van der Waals surface area contributed by atoms with Gasteiger partial charge in [-0.3, -0.25) is 0 Å². The highest BCUT2D eigenvalue weighted by atomic mass is 15.1. The minimum Gasteiger partial charge on any atom is -0.316 e. The first-order chi connectivity index (χ1) is 5.20. The smallest absolute Gasteiger partial charge is 0.00356 e. The van der Waals surface area contributed by atoms with Crippen molar-refractivity contribution in [2.75, 3.05) is 26.7 Å². The quantitative estimate of drug-likeness (QED) is 0.654. The molecule has 2 nitrogen and oxygen atoms in total. The molecule has 0 spiro atoms. The van der Waals surface area contributed by atoms with E-state index >= 15 is 0 Å². The van der Waals surface area contributed by atoms with Gasteiger partial charge in [0.25, 0.3) is 0 Å². The molecule has 1 rings (SSSR count). The highest BCUT2D eigenvalue weighted by molar-refractivity contribution is 4.74. The molecule has 0 unspecified atom stereocenters. The van der Waals surface area contributed by atoms with E-state index in [0.717, 1.165) is 5.92 Å². The topological polar surface area (TPSA) is 15.3 Å². The molecule has 1 saturated heterocycles. The third-order valence-electron chi connectivity index (χ3n) is 2.59. The van der Waals surface area contributed by atoms with E-state index in [2.05, 4.69) is 31.1 Å². The maximum Gasteiger partial charge on any atom is 0.00356 e. The first-order valence-electron chi connectivity index (χ1n) is 4.61. The van der Waals surface area contributed by atoms with Gasteiger partial charge in [-0.05, 0) is 46.3 Å². The van der Waals surface area contributed by atoms with Gasteiger partial charge in [-0.25, -0.2) is 0 Å². The predicted octanol–water partition coefficient (Wildman–Crippen LogP) is 0.936. The summed E-state index contributed by atoms with van der Waals surface area (Å²) in [6, 6.07) is 0.690. The van der Waals surface area contributed by atoms with Gasteiger partial charge in [-0.1, -0.05) is 0 Å². The largest absolute Gasteiger partial charge is 0.316 e. The van der Waals surface area contributed by atoms with Gasteiger partial charge in [0.1, 0.15) is 0 Å². The summed E-state index contributed by atoms with van der Waals surface area (Å²) in [5.74, 6) is 0.891. The Labute approximate surface area is 70.0 Å². The highest BCUT2D eigenvalue weighted by Gasteiger charge is 2.16. The zero-order valence-electron chi connectivity index (χ0n) is 7.93. The Bertz CT molecular complexity index is 106. The predicted molar refractivity (Wildman–Crippen MR) is 48.7 cm³/mol. The first-order valence-corrected chi connectivity index (χ1v) is 4.61. The van der Waals surface area contributed by atoms with Crippen LogP contribution in [-0.2, 0) is 0 Å². The van der Waals surface area contributed by atoms with E-state index in [1.165, 1.54) is 26.1 Å². The Hall–Kier alpha value is -0.0800. The van der Waals surface area contributed by atoms with E-state index < -0.39 is 0 Å². The van der Waals surface area contributed by atoms with Gasteiger partial charge >= 0.3 is 0 Å². The van der Waals surface area contributed by atoms with Gasteiger partial charge in [-0.2, -0.15) is 0 Å². The Kier molecular flexibility index (Phi) is 3.34. The van der Waals surface area contributed by atoms with Crippen LogP contribution in [0.5, 0.6) is 0 Å². The average Bonchev–Trinajstić information content (AvgIpc) is 2.39. The molecule has 0 radical (unpaired) electrons. The van der Waals surface area contributed by atoms with Crippen molar-refractivity contribution in [1.82, 2.24) is 10.2 Å². The van der Waals surface area contributed by atoms with Crippen molar-refractivity contribution < 1.29 is 0 Å². The minimum atomic E-state index is 0.690. The Morgan fingerprint density at radius 2 is 2.27 bits per heavy atom. The molecular weight excluding hydrogens is 136 g/mol. The second-order valence-electron chi connectivity index (χ2n) is 3.89. The van der Waals surface area contributed by atoms with Crippen molar-refractivity contribution in [3.63, 3.8) is 0 Å². The molecule has 1 N–H and O–H groups in total. The molecule has 0 amide bonds. The fraction of sp³-hybridized carbons (Fsp3) is 1.00. The molecule has 1 fully saturated rings. The van der Waals surface area contributed by atoms with Crippen LogP contribution in [0.15, 0.2) is 0 Å². The second-order valence-corrected chi connectivity index (χ2v) is 3.89. The molecule has 0 aliphatic carbocycles. The maximum atomic E-state index is 3.39. The molecular formula is C9H20N2. The molecule has 11 heavy (non-hydrogen) atoms. The van der Waals surface area contributed by atoms with Crippen LogP contribution in [0, 0.1) is 5.92 Å². The van der Waals surface area contributed by atoms with Crippen molar-refractivity contribution in [1.29, 1.82) is 0 Å². The van der Waals surface area contributed by atoms with Crippen LogP contribution < -0.4 is 5.32 Å². The van der Waals surface area contributed by atoms with Gasteiger partial charge in [0.15, 0.2) is 0 Å². The van der Waals surface area contributed by atoms with Crippen molar-refractivity contribution in [2.24, 2.45) is 5.92 Å².